The van der Waals surface area contributed by atoms with Crippen molar-refractivity contribution in [1.82, 2.24) is 16.0 Å². The minimum Gasteiger partial charge on any atom is -0.329 e. The number of hydrogen-bond donors (Lipinski definition) is 5. The van der Waals surface area contributed by atoms with Crippen molar-refractivity contribution in [2.24, 2.45) is 11.5 Å². The first kappa shape index (κ1) is 16.9. The fourth-order valence-corrected chi connectivity index (χ4v) is 0.933. The fourth-order valence-electron chi connectivity index (χ4n) is 0.933. The summed E-state index contributed by atoms with van der Waals surface area (Å²) < 4.78 is 0. The minimum atomic E-state index is 0. The average Bonchev–Trinajstić information content (AvgIpc) is 2.16. The van der Waals surface area contributed by atoms with Crippen LogP contribution in [-0.2, 0) is 21.7 Å². The Morgan fingerprint density at radius 3 is 1.14 bits per heavy atom. The Balaban J connectivity index is 0. The van der Waals surface area contributed by atoms with Gasteiger partial charge in [0.1, 0.15) is 0 Å². The molecule has 0 saturated carbocycles. The fraction of sp³-hybridized carbons (Fsp3) is 1.00. The second kappa shape index (κ2) is 16.0. The summed E-state index contributed by atoms with van der Waals surface area (Å²) in [6.45, 7) is 7.15. The Labute approximate surface area is 102 Å². The van der Waals surface area contributed by atoms with E-state index < -0.39 is 0 Å². The van der Waals surface area contributed by atoms with Gasteiger partial charge in [-0.3, -0.25) is 0 Å². The molecule has 0 aliphatic heterocycles. The van der Waals surface area contributed by atoms with E-state index in [4.69, 9.17) is 11.5 Å². The van der Waals surface area contributed by atoms with Crippen molar-refractivity contribution in [3.8, 4) is 0 Å². The zero-order valence-electron chi connectivity index (χ0n) is 8.81. The summed E-state index contributed by atoms with van der Waals surface area (Å²) in [6, 6.07) is 0. The molecular weight excluding hydrogens is 214 g/mol. The Hall–Kier alpha value is 0.514. The van der Waals surface area contributed by atoms with Crippen LogP contribution in [0.5, 0.6) is 0 Å². The molecule has 5 nitrogen and oxygen atoms in total. The summed E-state index contributed by atoms with van der Waals surface area (Å²) in [5, 5.41) is 9.71. The van der Waals surface area contributed by atoms with Gasteiger partial charge in [-0.25, -0.2) is 0 Å². The summed E-state index contributed by atoms with van der Waals surface area (Å²) in [5.41, 5.74) is 10.6. The van der Waals surface area contributed by atoms with Crippen LogP contribution in [0.25, 0.3) is 0 Å². The third-order valence-corrected chi connectivity index (χ3v) is 1.60. The predicted octanol–water partition coefficient (Wildman–Crippen LogP) is -2.33. The van der Waals surface area contributed by atoms with Gasteiger partial charge in [0.15, 0.2) is 0 Å². The molecule has 14 heavy (non-hydrogen) atoms. The largest absolute Gasteiger partial charge is 0.329 e. The second-order valence-corrected chi connectivity index (χ2v) is 2.83. The molecule has 0 spiro atoms. The molecule has 0 aromatic heterocycles. The first-order valence-electron chi connectivity index (χ1n) is 4.94. The van der Waals surface area contributed by atoms with Gasteiger partial charge in [-0.05, 0) is 0 Å². The molecule has 0 unspecified atom stereocenters. The molecule has 0 aromatic rings. The van der Waals surface area contributed by atoms with Crippen LogP contribution in [0.2, 0.25) is 0 Å². The SMILES string of the molecule is NCCNCCNCCNCCN.[Ti]. The molecule has 0 atom stereocenters. The van der Waals surface area contributed by atoms with Gasteiger partial charge in [0.25, 0.3) is 0 Å². The van der Waals surface area contributed by atoms with Gasteiger partial charge in [0.2, 0.25) is 0 Å². The molecule has 7 N–H and O–H groups in total. The van der Waals surface area contributed by atoms with Crippen molar-refractivity contribution in [2.75, 3.05) is 52.4 Å². The van der Waals surface area contributed by atoms with Gasteiger partial charge in [-0.2, -0.15) is 0 Å². The molecule has 6 heteroatoms. The summed E-state index contributed by atoms with van der Waals surface area (Å²) in [5.74, 6) is 0. The molecule has 0 fully saturated rings. The van der Waals surface area contributed by atoms with Crippen molar-refractivity contribution < 1.29 is 21.7 Å². The van der Waals surface area contributed by atoms with E-state index in [0.29, 0.717) is 13.1 Å². The molecule has 84 valence electrons. The van der Waals surface area contributed by atoms with Crippen LogP contribution in [-0.4, -0.2) is 52.4 Å². The van der Waals surface area contributed by atoms with E-state index >= 15 is 0 Å². The van der Waals surface area contributed by atoms with Crippen LogP contribution in [0.4, 0.5) is 0 Å². The third-order valence-electron chi connectivity index (χ3n) is 1.60. The van der Waals surface area contributed by atoms with Gasteiger partial charge in [-0.15, -0.1) is 0 Å². The maximum atomic E-state index is 5.32. The van der Waals surface area contributed by atoms with Crippen LogP contribution in [0.15, 0.2) is 0 Å². The van der Waals surface area contributed by atoms with E-state index in [9.17, 15) is 0 Å². The van der Waals surface area contributed by atoms with Gasteiger partial charge in [-0.1, -0.05) is 0 Å². The molecule has 0 rings (SSSR count). The normalized spacial score (nSPS) is 9.86. The van der Waals surface area contributed by atoms with E-state index in [1.54, 1.807) is 0 Å². The molecule has 0 amide bonds. The Morgan fingerprint density at radius 1 is 0.571 bits per heavy atom. The molecule has 0 bridgehead atoms. The zero-order chi connectivity index (χ0) is 9.78. The second-order valence-electron chi connectivity index (χ2n) is 2.83. The maximum absolute atomic E-state index is 5.32. The standard InChI is InChI=1S/C8H23N5.Ti/c9-1-3-11-5-7-13-8-6-12-4-2-10;/h11-13H,1-10H2;. The molecular formula is C8H23N5Ti. The van der Waals surface area contributed by atoms with Crippen LogP contribution < -0.4 is 27.4 Å². The predicted molar refractivity (Wildman–Crippen MR) is 56.7 cm³/mol. The topological polar surface area (TPSA) is 88.1 Å². The molecule has 0 heterocycles. The summed E-state index contributed by atoms with van der Waals surface area (Å²) in [4.78, 5) is 0. The minimum absolute atomic E-state index is 0. The number of hydrogen-bond acceptors (Lipinski definition) is 5. The van der Waals surface area contributed by atoms with Gasteiger partial charge >= 0.3 is 0 Å². The number of nitrogens with two attached hydrogens (primary N) is 2. The average molecular weight is 237 g/mol. The molecule has 0 radical (unpaired) electrons. The number of rotatable bonds is 10. The summed E-state index contributed by atoms with van der Waals surface area (Å²) in [7, 11) is 0. The van der Waals surface area contributed by atoms with E-state index in [1.165, 1.54) is 0 Å². The monoisotopic (exact) mass is 237 g/mol. The molecule has 0 saturated heterocycles. The van der Waals surface area contributed by atoms with Crippen LogP contribution in [0.3, 0.4) is 0 Å². The Morgan fingerprint density at radius 2 is 0.857 bits per heavy atom. The Bertz CT molecular complexity index is 83.8. The first-order chi connectivity index (χ1) is 6.41. The van der Waals surface area contributed by atoms with Crippen molar-refractivity contribution in [3.05, 3.63) is 0 Å². The number of nitrogens with one attached hydrogen (secondary N) is 3. The van der Waals surface area contributed by atoms with Crippen LogP contribution >= 0.6 is 0 Å². The third kappa shape index (κ3) is 15.0. The maximum Gasteiger partial charge on any atom is 0.00772 e. The van der Waals surface area contributed by atoms with E-state index in [0.717, 1.165) is 39.3 Å². The Kier molecular flexibility index (Phi) is 19.3. The van der Waals surface area contributed by atoms with Crippen molar-refractivity contribution in [3.63, 3.8) is 0 Å². The van der Waals surface area contributed by atoms with Crippen LogP contribution in [0, 0.1) is 0 Å². The van der Waals surface area contributed by atoms with Gasteiger partial charge < -0.3 is 27.4 Å². The molecule has 0 aliphatic rings. The van der Waals surface area contributed by atoms with Gasteiger partial charge in [0, 0.05) is 74.1 Å². The summed E-state index contributed by atoms with van der Waals surface area (Å²) in [6.07, 6.45) is 0. The van der Waals surface area contributed by atoms with Crippen molar-refractivity contribution in [2.45, 2.75) is 0 Å². The first-order valence-corrected chi connectivity index (χ1v) is 4.94. The zero-order valence-corrected chi connectivity index (χ0v) is 10.4. The van der Waals surface area contributed by atoms with Gasteiger partial charge in [0.05, 0.1) is 0 Å². The smallest absolute Gasteiger partial charge is 0.00772 e. The van der Waals surface area contributed by atoms with E-state index in [-0.39, 0.29) is 21.7 Å². The van der Waals surface area contributed by atoms with Crippen molar-refractivity contribution >= 4 is 0 Å². The molecule has 0 aliphatic carbocycles. The van der Waals surface area contributed by atoms with Crippen molar-refractivity contribution in [1.29, 1.82) is 0 Å². The van der Waals surface area contributed by atoms with Crippen LogP contribution in [0.1, 0.15) is 0 Å². The molecule has 0 aromatic carbocycles. The summed E-state index contributed by atoms with van der Waals surface area (Å²) >= 11 is 0. The van der Waals surface area contributed by atoms with E-state index in [2.05, 4.69) is 16.0 Å². The van der Waals surface area contributed by atoms with E-state index in [1.807, 2.05) is 0 Å². The quantitative estimate of drug-likeness (QED) is 0.217.